The number of benzene rings is 2. The first-order chi connectivity index (χ1) is 13.5. The van der Waals surface area contributed by atoms with Crippen LogP contribution in [0.2, 0.25) is 0 Å². The average molecular weight is 378 g/mol. The van der Waals surface area contributed by atoms with Gasteiger partial charge in [0, 0.05) is 24.2 Å². The fraction of sp³-hybridized carbons (Fsp3) is 0.318. The van der Waals surface area contributed by atoms with Crippen molar-refractivity contribution in [1.82, 2.24) is 10.4 Å². The molecule has 1 aliphatic heterocycles. The summed E-state index contributed by atoms with van der Waals surface area (Å²) in [6.45, 7) is 1.25. The van der Waals surface area contributed by atoms with E-state index in [1.54, 1.807) is 29.7 Å². The van der Waals surface area contributed by atoms with Gasteiger partial charge in [0.25, 0.3) is 5.91 Å². The zero-order chi connectivity index (χ0) is 19.7. The fourth-order valence-electron chi connectivity index (χ4n) is 4.43. The number of aryl methyl sites for hydroxylation is 1. The molecule has 1 aliphatic carbocycles. The van der Waals surface area contributed by atoms with E-state index >= 15 is 0 Å². The second-order valence-corrected chi connectivity index (χ2v) is 7.72. The van der Waals surface area contributed by atoms with Crippen LogP contribution in [0, 0.1) is 5.41 Å². The Kier molecular flexibility index (Phi) is 4.73. The Hall–Kier alpha value is -2.99. The number of amides is 2. The molecule has 2 amide bonds. The molecule has 1 atom stereocenters. The molecule has 2 aliphatic rings. The minimum Gasteiger partial charge on any atom is -0.338 e. The van der Waals surface area contributed by atoms with E-state index in [0.717, 1.165) is 42.2 Å². The van der Waals surface area contributed by atoms with Gasteiger partial charge in [0.15, 0.2) is 0 Å². The predicted octanol–water partition coefficient (Wildman–Crippen LogP) is 2.53. The second kappa shape index (κ2) is 7.20. The molecule has 6 nitrogen and oxygen atoms in total. The summed E-state index contributed by atoms with van der Waals surface area (Å²) in [5.41, 5.74) is 5.46. The van der Waals surface area contributed by atoms with Crippen molar-refractivity contribution in [2.75, 3.05) is 6.54 Å². The number of carbonyl (C=O) groups is 3. The standard InChI is InChI=1S/C22H22N2O4/c25-14-16-3-1-15(2-4-16)13-24-10-9-22(21(24)27)8-7-17-5-6-18(20(26)23-28)11-19(17)12-22/h1-6,11,14,28H,7-10,12-13H2,(H,23,26)/t22-/m1/s1. The van der Waals surface area contributed by atoms with Crippen molar-refractivity contribution in [2.24, 2.45) is 5.41 Å². The van der Waals surface area contributed by atoms with E-state index in [0.29, 0.717) is 30.6 Å². The Morgan fingerprint density at radius 2 is 1.93 bits per heavy atom. The number of fused-ring (bicyclic) bond motifs is 1. The van der Waals surface area contributed by atoms with Crippen molar-refractivity contribution >= 4 is 18.1 Å². The van der Waals surface area contributed by atoms with Crippen LogP contribution >= 0.6 is 0 Å². The molecule has 144 valence electrons. The molecule has 2 aromatic rings. The molecule has 0 aromatic heterocycles. The molecule has 0 saturated carbocycles. The molecule has 1 fully saturated rings. The summed E-state index contributed by atoms with van der Waals surface area (Å²) in [6.07, 6.45) is 3.85. The third-order valence-corrected chi connectivity index (χ3v) is 6.06. The van der Waals surface area contributed by atoms with Crippen LogP contribution in [0.3, 0.4) is 0 Å². The highest BCUT2D eigenvalue weighted by molar-refractivity contribution is 5.93. The quantitative estimate of drug-likeness (QED) is 0.486. The van der Waals surface area contributed by atoms with E-state index in [9.17, 15) is 14.4 Å². The summed E-state index contributed by atoms with van der Waals surface area (Å²) >= 11 is 0. The van der Waals surface area contributed by atoms with Gasteiger partial charge in [-0.15, -0.1) is 0 Å². The van der Waals surface area contributed by atoms with Crippen LogP contribution in [0.4, 0.5) is 0 Å². The van der Waals surface area contributed by atoms with E-state index in [1.807, 2.05) is 23.1 Å². The van der Waals surface area contributed by atoms with Crippen LogP contribution in [-0.2, 0) is 24.2 Å². The Morgan fingerprint density at radius 3 is 2.64 bits per heavy atom. The van der Waals surface area contributed by atoms with Crippen LogP contribution in [0.15, 0.2) is 42.5 Å². The molecule has 1 saturated heterocycles. The highest BCUT2D eigenvalue weighted by Gasteiger charge is 2.47. The molecule has 0 bridgehead atoms. The van der Waals surface area contributed by atoms with Crippen molar-refractivity contribution in [3.63, 3.8) is 0 Å². The summed E-state index contributed by atoms with van der Waals surface area (Å²) in [5, 5.41) is 8.87. The Labute approximate surface area is 163 Å². The lowest BCUT2D eigenvalue weighted by Crippen LogP contribution is -2.38. The SMILES string of the molecule is O=Cc1ccc(CN2CC[C@@]3(CCc4ccc(C(=O)NO)cc4C3)C2=O)cc1. The fourth-order valence-corrected chi connectivity index (χ4v) is 4.43. The number of nitrogens with zero attached hydrogens (tertiary/aromatic N) is 1. The van der Waals surface area contributed by atoms with Crippen LogP contribution in [0.1, 0.15) is 50.2 Å². The van der Waals surface area contributed by atoms with E-state index in [1.165, 1.54) is 0 Å². The third-order valence-electron chi connectivity index (χ3n) is 6.06. The van der Waals surface area contributed by atoms with Gasteiger partial charge < -0.3 is 4.90 Å². The Morgan fingerprint density at radius 1 is 1.14 bits per heavy atom. The molecule has 6 heteroatoms. The van der Waals surface area contributed by atoms with Crippen molar-refractivity contribution < 1.29 is 19.6 Å². The van der Waals surface area contributed by atoms with Crippen LogP contribution < -0.4 is 5.48 Å². The number of rotatable bonds is 4. The molecule has 1 spiro atoms. The Balaban J connectivity index is 1.52. The van der Waals surface area contributed by atoms with E-state index in [4.69, 9.17) is 5.21 Å². The number of aldehydes is 1. The first-order valence-corrected chi connectivity index (χ1v) is 9.44. The zero-order valence-electron chi connectivity index (χ0n) is 15.5. The van der Waals surface area contributed by atoms with Gasteiger partial charge in [-0.3, -0.25) is 19.6 Å². The normalized spacial score (nSPS) is 20.9. The summed E-state index contributed by atoms with van der Waals surface area (Å²) < 4.78 is 0. The van der Waals surface area contributed by atoms with Gasteiger partial charge in [0.2, 0.25) is 5.91 Å². The molecule has 0 unspecified atom stereocenters. The van der Waals surface area contributed by atoms with Crippen LogP contribution in [-0.4, -0.2) is 34.8 Å². The number of hydrogen-bond acceptors (Lipinski definition) is 4. The van der Waals surface area contributed by atoms with Gasteiger partial charge in [-0.2, -0.15) is 0 Å². The van der Waals surface area contributed by atoms with Crippen LogP contribution in [0.25, 0.3) is 0 Å². The Bertz CT molecular complexity index is 938. The lowest BCUT2D eigenvalue weighted by molar-refractivity contribution is -0.137. The van der Waals surface area contributed by atoms with E-state index in [-0.39, 0.29) is 5.91 Å². The molecule has 0 radical (unpaired) electrons. The summed E-state index contributed by atoms with van der Waals surface area (Å²) in [7, 11) is 0. The molecule has 2 N–H and O–H groups in total. The number of nitrogens with one attached hydrogen (secondary N) is 1. The monoisotopic (exact) mass is 378 g/mol. The minimum atomic E-state index is -0.541. The third kappa shape index (κ3) is 3.20. The number of carbonyl (C=O) groups excluding carboxylic acids is 3. The van der Waals surface area contributed by atoms with Gasteiger partial charge >= 0.3 is 0 Å². The van der Waals surface area contributed by atoms with E-state index < -0.39 is 11.3 Å². The predicted molar refractivity (Wildman–Crippen MR) is 102 cm³/mol. The first kappa shape index (κ1) is 18.4. The first-order valence-electron chi connectivity index (χ1n) is 9.44. The van der Waals surface area contributed by atoms with Gasteiger partial charge in [-0.25, -0.2) is 5.48 Å². The van der Waals surface area contributed by atoms with Gasteiger partial charge in [-0.1, -0.05) is 30.3 Å². The lowest BCUT2D eigenvalue weighted by Gasteiger charge is -2.33. The van der Waals surface area contributed by atoms with Crippen molar-refractivity contribution in [3.05, 3.63) is 70.3 Å². The van der Waals surface area contributed by atoms with Gasteiger partial charge in [-0.05, 0) is 54.5 Å². The second-order valence-electron chi connectivity index (χ2n) is 7.72. The summed E-state index contributed by atoms with van der Waals surface area (Å²) in [6, 6.07) is 12.7. The maximum atomic E-state index is 13.2. The lowest BCUT2D eigenvalue weighted by atomic mass is 9.70. The topological polar surface area (TPSA) is 86.7 Å². The molecule has 28 heavy (non-hydrogen) atoms. The minimum absolute atomic E-state index is 0.162. The maximum Gasteiger partial charge on any atom is 0.274 e. The molecule has 4 rings (SSSR count). The molecule has 2 aromatic carbocycles. The summed E-state index contributed by atoms with van der Waals surface area (Å²) in [5.74, 6) is -0.379. The zero-order valence-corrected chi connectivity index (χ0v) is 15.5. The van der Waals surface area contributed by atoms with Gasteiger partial charge in [0.1, 0.15) is 6.29 Å². The largest absolute Gasteiger partial charge is 0.338 e. The number of hydrogen-bond donors (Lipinski definition) is 2. The number of hydroxylamine groups is 1. The van der Waals surface area contributed by atoms with Gasteiger partial charge in [0.05, 0.1) is 5.41 Å². The van der Waals surface area contributed by atoms with Crippen molar-refractivity contribution in [1.29, 1.82) is 0 Å². The highest BCUT2D eigenvalue weighted by Crippen LogP contribution is 2.44. The average Bonchev–Trinajstić information content (AvgIpc) is 3.02. The summed E-state index contributed by atoms with van der Waals surface area (Å²) in [4.78, 5) is 37.7. The molecule has 1 heterocycles. The van der Waals surface area contributed by atoms with Crippen molar-refractivity contribution in [3.8, 4) is 0 Å². The van der Waals surface area contributed by atoms with Crippen molar-refractivity contribution in [2.45, 2.75) is 32.2 Å². The smallest absolute Gasteiger partial charge is 0.274 e. The maximum absolute atomic E-state index is 13.2. The highest BCUT2D eigenvalue weighted by atomic mass is 16.5. The van der Waals surface area contributed by atoms with E-state index in [2.05, 4.69) is 0 Å². The molecular formula is C22H22N2O4. The number of likely N-dealkylation sites (tertiary alicyclic amines) is 1. The van der Waals surface area contributed by atoms with Crippen LogP contribution in [0.5, 0.6) is 0 Å². The molecular weight excluding hydrogens is 356 g/mol.